The van der Waals surface area contributed by atoms with Gasteiger partial charge in [0.1, 0.15) is 6.29 Å². The fourth-order valence-electron chi connectivity index (χ4n) is 2.03. The number of aldehydes is 1. The average molecular weight is 288 g/mol. The second-order valence-corrected chi connectivity index (χ2v) is 5.00. The zero-order valence-electron chi connectivity index (χ0n) is 11.7. The normalized spacial score (nSPS) is 13.7. The molecule has 0 aliphatic carbocycles. The van der Waals surface area contributed by atoms with Crippen LogP contribution in [0, 0.1) is 5.92 Å². The van der Waals surface area contributed by atoms with Gasteiger partial charge in [-0.25, -0.2) is 0 Å². The van der Waals surface area contributed by atoms with E-state index >= 15 is 0 Å². The van der Waals surface area contributed by atoms with Crippen LogP contribution in [0.1, 0.15) is 57.8 Å². The SMILES string of the molecule is O=CC(CCCCC(=O)O)C(O)CCCCCC(=O)O. The standard InChI is InChI=1S/C14H24O6/c15-10-11(6-4-5-9-14(19)20)12(16)7-2-1-3-8-13(17)18/h10-12,16H,1-9H2,(H,17,18)(H,19,20). The minimum absolute atomic E-state index is 0.0802. The number of hydrogen-bond donors (Lipinski definition) is 3. The lowest BCUT2D eigenvalue weighted by molar-refractivity contribution is -0.138. The number of unbranched alkanes of at least 4 members (excludes halogenated alkanes) is 3. The van der Waals surface area contributed by atoms with E-state index in [1.807, 2.05) is 0 Å². The van der Waals surface area contributed by atoms with E-state index in [4.69, 9.17) is 10.2 Å². The summed E-state index contributed by atoms with van der Waals surface area (Å²) >= 11 is 0. The van der Waals surface area contributed by atoms with Gasteiger partial charge in [-0.2, -0.15) is 0 Å². The van der Waals surface area contributed by atoms with Gasteiger partial charge in [-0.05, 0) is 25.7 Å². The third-order valence-electron chi connectivity index (χ3n) is 3.24. The molecule has 0 heterocycles. The Balaban J connectivity index is 3.73. The molecule has 0 aliphatic rings. The van der Waals surface area contributed by atoms with Crippen molar-refractivity contribution in [3.8, 4) is 0 Å². The molecule has 6 heteroatoms. The van der Waals surface area contributed by atoms with E-state index in [1.165, 1.54) is 0 Å². The number of carboxylic acids is 2. The summed E-state index contributed by atoms with van der Waals surface area (Å²) in [7, 11) is 0. The summed E-state index contributed by atoms with van der Waals surface area (Å²) in [6, 6.07) is 0. The molecule has 6 nitrogen and oxygen atoms in total. The number of aliphatic hydroxyl groups excluding tert-OH is 1. The van der Waals surface area contributed by atoms with Gasteiger partial charge in [0, 0.05) is 18.8 Å². The first kappa shape index (κ1) is 18.6. The summed E-state index contributed by atoms with van der Waals surface area (Å²) in [5.74, 6) is -2.13. The predicted octanol–water partition coefficient (Wildman–Crippen LogP) is 1.84. The fourth-order valence-corrected chi connectivity index (χ4v) is 2.03. The number of aliphatic carboxylic acids is 2. The van der Waals surface area contributed by atoms with Crippen molar-refractivity contribution in [2.24, 2.45) is 5.92 Å². The van der Waals surface area contributed by atoms with Crippen LogP contribution in [-0.2, 0) is 14.4 Å². The molecular weight excluding hydrogens is 264 g/mol. The zero-order chi connectivity index (χ0) is 15.4. The Hall–Kier alpha value is -1.43. The van der Waals surface area contributed by atoms with Crippen molar-refractivity contribution in [3.05, 3.63) is 0 Å². The van der Waals surface area contributed by atoms with Gasteiger partial charge in [0.05, 0.1) is 6.10 Å². The zero-order valence-corrected chi connectivity index (χ0v) is 11.7. The van der Waals surface area contributed by atoms with Crippen LogP contribution in [0.15, 0.2) is 0 Å². The molecule has 0 saturated heterocycles. The summed E-state index contributed by atoms with van der Waals surface area (Å²) in [6.45, 7) is 0. The maximum atomic E-state index is 10.9. The van der Waals surface area contributed by atoms with Gasteiger partial charge < -0.3 is 20.1 Å². The first-order valence-corrected chi connectivity index (χ1v) is 7.04. The smallest absolute Gasteiger partial charge is 0.303 e. The Morgan fingerprint density at radius 3 is 1.85 bits per heavy atom. The molecule has 0 spiro atoms. The Kier molecular flexibility index (Phi) is 10.6. The van der Waals surface area contributed by atoms with Crippen LogP contribution in [-0.4, -0.2) is 39.6 Å². The molecule has 20 heavy (non-hydrogen) atoms. The Labute approximate surface area is 118 Å². The Morgan fingerprint density at radius 1 is 0.850 bits per heavy atom. The molecule has 116 valence electrons. The number of carbonyl (C=O) groups is 3. The maximum absolute atomic E-state index is 10.9. The summed E-state index contributed by atoms with van der Waals surface area (Å²) < 4.78 is 0. The highest BCUT2D eigenvalue weighted by molar-refractivity contribution is 5.66. The molecule has 0 saturated carbocycles. The van der Waals surface area contributed by atoms with E-state index in [-0.39, 0.29) is 12.8 Å². The lowest BCUT2D eigenvalue weighted by Crippen LogP contribution is -2.21. The summed E-state index contributed by atoms with van der Waals surface area (Å²) in [6.07, 6.45) is 4.27. The minimum atomic E-state index is -0.855. The second kappa shape index (κ2) is 11.4. The number of rotatable bonds is 13. The first-order valence-electron chi connectivity index (χ1n) is 7.04. The van der Waals surface area contributed by atoms with Crippen LogP contribution < -0.4 is 0 Å². The van der Waals surface area contributed by atoms with Gasteiger partial charge in [-0.3, -0.25) is 9.59 Å². The highest BCUT2D eigenvalue weighted by atomic mass is 16.4. The largest absolute Gasteiger partial charge is 0.481 e. The number of carbonyl (C=O) groups excluding carboxylic acids is 1. The molecule has 0 aliphatic heterocycles. The number of carboxylic acid groups (broad SMARTS) is 2. The molecule has 0 aromatic carbocycles. The van der Waals surface area contributed by atoms with Gasteiger partial charge in [-0.1, -0.05) is 19.3 Å². The molecule has 0 radical (unpaired) electrons. The Bertz CT molecular complexity index is 302. The molecule has 0 amide bonds. The number of aliphatic hydroxyl groups is 1. The molecule has 0 fully saturated rings. The molecule has 0 aromatic heterocycles. The first-order chi connectivity index (χ1) is 9.47. The lowest BCUT2D eigenvalue weighted by atomic mass is 9.93. The maximum Gasteiger partial charge on any atom is 0.303 e. The molecule has 2 atom stereocenters. The van der Waals surface area contributed by atoms with Gasteiger partial charge in [0.25, 0.3) is 0 Å². The van der Waals surface area contributed by atoms with Crippen LogP contribution in [0.3, 0.4) is 0 Å². The van der Waals surface area contributed by atoms with Gasteiger partial charge in [0.15, 0.2) is 0 Å². The van der Waals surface area contributed by atoms with Crippen molar-refractivity contribution in [2.45, 2.75) is 63.9 Å². The third-order valence-corrected chi connectivity index (χ3v) is 3.24. The van der Waals surface area contributed by atoms with Crippen molar-refractivity contribution in [1.82, 2.24) is 0 Å². The topological polar surface area (TPSA) is 112 Å². The summed E-state index contributed by atoms with van der Waals surface area (Å²) in [4.78, 5) is 31.5. The average Bonchev–Trinajstić information content (AvgIpc) is 2.37. The van der Waals surface area contributed by atoms with Crippen LogP contribution in [0.5, 0.6) is 0 Å². The van der Waals surface area contributed by atoms with Crippen molar-refractivity contribution in [2.75, 3.05) is 0 Å². The van der Waals surface area contributed by atoms with Crippen LogP contribution in [0.4, 0.5) is 0 Å². The molecular formula is C14H24O6. The highest BCUT2D eigenvalue weighted by Crippen LogP contribution is 2.17. The van der Waals surface area contributed by atoms with E-state index in [9.17, 15) is 19.5 Å². The molecule has 0 bridgehead atoms. The van der Waals surface area contributed by atoms with E-state index in [1.54, 1.807) is 0 Å². The van der Waals surface area contributed by atoms with Crippen molar-refractivity contribution >= 4 is 18.2 Å². The second-order valence-electron chi connectivity index (χ2n) is 5.00. The predicted molar refractivity (Wildman–Crippen MR) is 72.4 cm³/mol. The van der Waals surface area contributed by atoms with Crippen LogP contribution in [0.25, 0.3) is 0 Å². The summed E-state index contributed by atoms with van der Waals surface area (Å²) in [5.41, 5.74) is 0. The van der Waals surface area contributed by atoms with Crippen LogP contribution >= 0.6 is 0 Å². The highest BCUT2D eigenvalue weighted by Gasteiger charge is 2.17. The lowest BCUT2D eigenvalue weighted by Gasteiger charge is -2.17. The molecule has 2 unspecified atom stereocenters. The fraction of sp³-hybridized carbons (Fsp3) is 0.786. The third kappa shape index (κ3) is 10.5. The minimum Gasteiger partial charge on any atom is -0.481 e. The molecule has 0 rings (SSSR count). The summed E-state index contributed by atoms with van der Waals surface area (Å²) in [5, 5.41) is 26.8. The van der Waals surface area contributed by atoms with E-state index in [0.29, 0.717) is 44.9 Å². The van der Waals surface area contributed by atoms with E-state index in [2.05, 4.69) is 0 Å². The molecule has 3 N–H and O–H groups in total. The van der Waals surface area contributed by atoms with Gasteiger partial charge in [0.2, 0.25) is 0 Å². The van der Waals surface area contributed by atoms with Crippen LogP contribution in [0.2, 0.25) is 0 Å². The van der Waals surface area contributed by atoms with Crippen molar-refractivity contribution in [1.29, 1.82) is 0 Å². The quantitative estimate of drug-likeness (QED) is 0.352. The van der Waals surface area contributed by atoms with E-state index in [0.717, 1.165) is 6.29 Å². The molecule has 0 aromatic rings. The number of hydrogen-bond acceptors (Lipinski definition) is 4. The van der Waals surface area contributed by atoms with Gasteiger partial charge in [-0.15, -0.1) is 0 Å². The van der Waals surface area contributed by atoms with Gasteiger partial charge >= 0.3 is 11.9 Å². The Morgan fingerprint density at radius 2 is 1.35 bits per heavy atom. The van der Waals surface area contributed by atoms with Crippen molar-refractivity contribution < 1.29 is 29.7 Å². The van der Waals surface area contributed by atoms with Crippen molar-refractivity contribution in [3.63, 3.8) is 0 Å². The van der Waals surface area contributed by atoms with E-state index < -0.39 is 24.0 Å². The monoisotopic (exact) mass is 288 g/mol.